The lowest BCUT2D eigenvalue weighted by Crippen LogP contribution is -2.26. The molecule has 0 aliphatic carbocycles. The molecule has 3 aromatic rings. The first kappa shape index (κ1) is 26.7. The number of amides is 1. The molecule has 0 radical (unpaired) electrons. The standard InChI is InChI=1S/C24H23Cl3N2O3S2/c1-15-4-3-5-22(16(15)2)29-34(31,32)23-12-17(7-9-20(23)26)24(30)28-10-11-33-14-18-6-8-19(25)13-21(18)27/h3-9,12-13,29H,10-11,14H2,1-2H3,(H,28,30). The van der Waals surface area contributed by atoms with Gasteiger partial charge in [-0.15, -0.1) is 0 Å². The van der Waals surface area contributed by atoms with Crippen LogP contribution in [-0.2, 0) is 15.8 Å². The Hall–Kier alpha value is -1.90. The first-order valence-corrected chi connectivity index (χ1v) is 14.0. The van der Waals surface area contributed by atoms with Gasteiger partial charge in [0.25, 0.3) is 15.9 Å². The van der Waals surface area contributed by atoms with Gasteiger partial charge in [-0.1, -0.05) is 53.0 Å². The second-order valence-corrected chi connectivity index (χ2v) is 11.5. The van der Waals surface area contributed by atoms with Crippen molar-refractivity contribution >= 4 is 68.2 Å². The maximum atomic E-state index is 13.0. The fourth-order valence-electron chi connectivity index (χ4n) is 3.07. The van der Waals surface area contributed by atoms with Gasteiger partial charge < -0.3 is 5.32 Å². The lowest BCUT2D eigenvalue weighted by molar-refractivity contribution is 0.0956. The SMILES string of the molecule is Cc1cccc(NS(=O)(=O)c2cc(C(=O)NCCSCc3ccc(Cl)cc3Cl)ccc2Cl)c1C. The number of thioether (sulfide) groups is 1. The summed E-state index contributed by atoms with van der Waals surface area (Å²) in [6.45, 7) is 4.13. The molecule has 0 heterocycles. The summed E-state index contributed by atoms with van der Waals surface area (Å²) >= 11 is 19.9. The molecular formula is C24H23Cl3N2O3S2. The maximum Gasteiger partial charge on any atom is 0.263 e. The number of hydrogen-bond acceptors (Lipinski definition) is 4. The molecule has 10 heteroatoms. The largest absolute Gasteiger partial charge is 0.351 e. The summed E-state index contributed by atoms with van der Waals surface area (Å²) in [5.74, 6) is 0.946. The van der Waals surface area contributed by atoms with E-state index in [9.17, 15) is 13.2 Å². The van der Waals surface area contributed by atoms with Crippen molar-refractivity contribution in [1.82, 2.24) is 5.32 Å². The molecule has 0 atom stereocenters. The minimum absolute atomic E-state index is 0.0322. The molecule has 0 saturated carbocycles. The van der Waals surface area contributed by atoms with Crippen molar-refractivity contribution in [3.05, 3.63) is 91.9 Å². The Morgan fingerprint density at radius 2 is 1.74 bits per heavy atom. The molecule has 0 fully saturated rings. The highest BCUT2D eigenvalue weighted by molar-refractivity contribution is 7.98. The normalized spacial score (nSPS) is 11.3. The minimum atomic E-state index is -3.99. The van der Waals surface area contributed by atoms with Crippen molar-refractivity contribution in [2.45, 2.75) is 24.5 Å². The van der Waals surface area contributed by atoms with Crippen LogP contribution in [0.5, 0.6) is 0 Å². The van der Waals surface area contributed by atoms with Gasteiger partial charge in [-0.3, -0.25) is 9.52 Å². The van der Waals surface area contributed by atoms with Gasteiger partial charge >= 0.3 is 0 Å². The van der Waals surface area contributed by atoms with Crippen molar-refractivity contribution in [3.8, 4) is 0 Å². The number of benzene rings is 3. The third kappa shape index (κ3) is 6.83. The summed E-state index contributed by atoms with van der Waals surface area (Å²) < 4.78 is 28.6. The Morgan fingerprint density at radius 3 is 2.47 bits per heavy atom. The summed E-state index contributed by atoms with van der Waals surface area (Å²) in [6, 6.07) is 14.9. The van der Waals surface area contributed by atoms with E-state index in [2.05, 4.69) is 10.0 Å². The predicted octanol–water partition coefficient (Wildman–Crippen LogP) is 6.73. The number of halogens is 3. The Balaban J connectivity index is 1.62. The van der Waals surface area contributed by atoms with Gasteiger partial charge in [0, 0.05) is 33.7 Å². The number of aryl methyl sites for hydroxylation is 1. The van der Waals surface area contributed by atoms with E-state index in [1.807, 2.05) is 26.0 Å². The molecule has 3 rings (SSSR count). The third-order valence-corrected chi connectivity index (χ3v) is 8.58. The van der Waals surface area contributed by atoms with Gasteiger partial charge in [0.1, 0.15) is 4.90 Å². The molecule has 0 spiro atoms. The van der Waals surface area contributed by atoms with E-state index < -0.39 is 10.0 Å². The van der Waals surface area contributed by atoms with Crippen LogP contribution in [0, 0.1) is 13.8 Å². The van der Waals surface area contributed by atoms with Crippen molar-refractivity contribution in [3.63, 3.8) is 0 Å². The van der Waals surface area contributed by atoms with Crippen molar-refractivity contribution in [1.29, 1.82) is 0 Å². The molecule has 0 aliphatic rings. The molecule has 1 amide bonds. The summed E-state index contributed by atoms with van der Waals surface area (Å²) in [6.07, 6.45) is 0. The maximum absolute atomic E-state index is 13.0. The zero-order valence-electron chi connectivity index (χ0n) is 18.5. The van der Waals surface area contributed by atoms with Crippen LogP contribution in [0.2, 0.25) is 15.1 Å². The van der Waals surface area contributed by atoms with Crippen LogP contribution >= 0.6 is 46.6 Å². The van der Waals surface area contributed by atoms with E-state index in [0.717, 1.165) is 16.7 Å². The average molecular weight is 558 g/mol. The highest BCUT2D eigenvalue weighted by Crippen LogP contribution is 2.27. The molecule has 3 aromatic carbocycles. The van der Waals surface area contributed by atoms with Crippen molar-refractivity contribution in [2.24, 2.45) is 0 Å². The number of sulfonamides is 1. The van der Waals surface area contributed by atoms with Crippen molar-refractivity contribution < 1.29 is 13.2 Å². The van der Waals surface area contributed by atoms with Crippen LogP contribution in [0.1, 0.15) is 27.0 Å². The number of hydrogen-bond donors (Lipinski definition) is 2. The van der Waals surface area contributed by atoms with Gasteiger partial charge in [-0.05, 0) is 66.9 Å². The molecule has 0 aliphatic heterocycles. The number of carbonyl (C=O) groups is 1. The monoisotopic (exact) mass is 556 g/mol. The quantitative estimate of drug-likeness (QED) is 0.286. The Labute approximate surface area is 219 Å². The zero-order valence-corrected chi connectivity index (χ0v) is 22.4. The molecule has 0 saturated heterocycles. The van der Waals surface area contributed by atoms with Gasteiger partial charge in [0.05, 0.1) is 10.7 Å². The Kier molecular flexibility index (Phi) is 9.18. The summed E-state index contributed by atoms with van der Waals surface area (Å²) in [7, 11) is -3.99. The second-order valence-electron chi connectivity index (χ2n) is 7.54. The number of carbonyl (C=O) groups excluding carboxylic acids is 1. The lowest BCUT2D eigenvalue weighted by atomic mass is 10.1. The van der Waals surface area contributed by atoms with Gasteiger partial charge in [-0.25, -0.2) is 8.42 Å². The molecule has 5 nitrogen and oxygen atoms in total. The van der Waals surface area contributed by atoms with Gasteiger partial charge in [-0.2, -0.15) is 11.8 Å². The van der Waals surface area contributed by atoms with E-state index in [4.69, 9.17) is 34.8 Å². The van der Waals surface area contributed by atoms with Crippen LogP contribution in [0.4, 0.5) is 5.69 Å². The minimum Gasteiger partial charge on any atom is -0.351 e. The molecule has 2 N–H and O–H groups in total. The fourth-order valence-corrected chi connectivity index (χ4v) is 6.14. The predicted molar refractivity (Wildman–Crippen MR) is 143 cm³/mol. The van der Waals surface area contributed by atoms with E-state index in [0.29, 0.717) is 33.8 Å². The lowest BCUT2D eigenvalue weighted by Gasteiger charge is -2.14. The van der Waals surface area contributed by atoms with Crippen LogP contribution in [0.3, 0.4) is 0 Å². The highest BCUT2D eigenvalue weighted by atomic mass is 35.5. The molecule has 0 aromatic heterocycles. The van der Waals surface area contributed by atoms with Crippen LogP contribution in [0.25, 0.3) is 0 Å². The zero-order chi connectivity index (χ0) is 24.9. The highest BCUT2D eigenvalue weighted by Gasteiger charge is 2.21. The molecule has 34 heavy (non-hydrogen) atoms. The number of anilines is 1. The molecule has 180 valence electrons. The third-order valence-electron chi connectivity index (χ3n) is 5.14. The first-order chi connectivity index (χ1) is 16.1. The fraction of sp³-hybridized carbons (Fsp3) is 0.208. The van der Waals surface area contributed by atoms with Crippen molar-refractivity contribution in [2.75, 3.05) is 17.0 Å². The van der Waals surface area contributed by atoms with E-state index in [1.165, 1.54) is 18.2 Å². The van der Waals surface area contributed by atoms with Crippen LogP contribution in [0.15, 0.2) is 59.5 Å². The molecular weight excluding hydrogens is 535 g/mol. The summed E-state index contributed by atoms with van der Waals surface area (Å²) in [4.78, 5) is 12.4. The van der Waals surface area contributed by atoms with E-state index in [1.54, 1.807) is 36.0 Å². The first-order valence-electron chi connectivity index (χ1n) is 10.3. The average Bonchev–Trinajstić information content (AvgIpc) is 2.78. The van der Waals surface area contributed by atoms with Gasteiger partial charge in [0.2, 0.25) is 0 Å². The number of nitrogens with one attached hydrogen (secondary N) is 2. The number of rotatable bonds is 9. The van der Waals surface area contributed by atoms with E-state index >= 15 is 0 Å². The topological polar surface area (TPSA) is 75.3 Å². The summed E-state index contributed by atoms with van der Waals surface area (Å²) in [5, 5.41) is 4.02. The summed E-state index contributed by atoms with van der Waals surface area (Å²) in [5.41, 5.74) is 3.40. The van der Waals surface area contributed by atoms with Crippen LogP contribution < -0.4 is 10.0 Å². The smallest absolute Gasteiger partial charge is 0.263 e. The Morgan fingerprint density at radius 1 is 0.971 bits per heavy atom. The molecule has 0 unspecified atom stereocenters. The van der Waals surface area contributed by atoms with Crippen LogP contribution in [-0.4, -0.2) is 26.6 Å². The molecule has 0 bridgehead atoms. The Bertz CT molecular complexity index is 1310. The second kappa shape index (κ2) is 11.7. The van der Waals surface area contributed by atoms with E-state index in [-0.39, 0.29) is 21.4 Å². The van der Waals surface area contributed by atoms with Gasteiger partial charge in [0.15, 0.2) is 0 Å².